The minimum atomic E-state index is -2.42. The number of aromatic nitrogens is 1. The van der Waals surface area contributed by atoms with Gasteiger partial charge in [0.1, 0.15) is 0 Å². The summed E-state index contributed by atoms with van der Waals surface area (Å²) in [6.07, 6.45) is -1.55. The average molecular weight is 523 g/mol. The average Bonchev–Trinajstić information content (AvgIpc) is 3.12. The van der Waals surface area contributed by atoms with Crippen LogP contribution in [0, 0.1) is 12.8 Å². The highest BCUT2D eigenvalue weighted by atomic mass is 35.5. The van der Waals surface area contributed by atoms with Crippen LogP contribution in [0.25, 0.3) is 10.9 Å². The minimum Gasteiger partial charge on any atom is -0.481 e. The number of fused-ring (bicyclic) bond motifs is 1. The number of aryl methyl sites for hydroxylation is 2. The molecule has 0 aliphatic carbocycles. The molecule has 0 bridgehead atoms. The fourth-order valence-electron chi connectivity index (χ4n) is 4.81. The summed E-state index contributed by atoms with van der Waals surface area (Å²) in [6.45, 7) is 2.61. The van der Waals surface area contributed by atoms with Crippen molar-refractivity contribution < 1.29 is 23.5 Å². The first-order valence-electron chi connectivity index (χ1n) is 11.4. The molecule has 2 aromatic carbocycles. The lowest BCUT2D eigenvalue weighted by Crippen LogP contribution is -2.40. The molecule has 3 aromatic rings. The normalized spacial score (nSPS) is 14.8. The van der Waals surface area contributed by atoms with Crippen molar-refractivity contribution in [3.8, 4) is 0 Å². The SMILES string of the molecule is Cc1cc(CC(F)F)cc2c1cc(Cc1c(Cl)ccc(C(=O)N3CCC(C(=O)O)CC3)c1Cl)n2C. The van der Waals surface area contributed by atoms with Crippen LogP contribution in [0.15, 0.2) is 30.3 Å². The summed E-state index contributed by atoms with van der Waals surface area (Å²) < 4.78 is 27.8. The summed E-state index contributed by atoms with van der Waals surface area (Å²) in [5.74, 6) is -1.52. The van der Waals surface area contributed by atoms with Crippen LogP contribution in [-0.2, 0) is 24.7 Å². The maximum Gasteiger partial charge on any atom is 0.306 e. The van der Waals surface area contributed by atoms with Gasteiger partial charge in [0.25, 0.3) is 5.91 Å². The Bertz CT molecular complexity index is 1300. The van der Waals surface area contributed by atoms with Crippen molar-refractivity contribution in [2.75, 3.05) is 13.1 Å². The van der Waals surface area contributed by atoms with Crippen LogP contribution in [0.1, 0.15) is 45.6 Å². The molecule has 9 heteroatoms. The van der Waals surface area contributed by atoms with Crippen molar-refractivity contribution in [2.45, 2.75) is 39.0 Å². The zero-order valence-corrected chi connectivity index (χ0v) is 21.0. The van der Waals surface area contributed by atoms with E-state index in [-0.39, 0.29) is 17.4 Å². The maximum atomic E-state index is 13.2. The van der Waals surface area contributed by atoms with Crippen LogP contribution in [0.2, 0.25) is 10.0 Å². The molecule has 1 N–H and O–H groups in total. The number of carbonyl (C=O) groups is 2. The van der Waals surface area contributed by atoms with Gasteiger partial charge in [0.05, 0.1) is 16.5 Å². The number of carboxylic acid groups (broad SMARTS) is 1. The van der Waals surface area contributed by atoms with Crippen molar-refractivity contribution in [1.82, 2.24) is 9.47 Å². The molecule has 1 amide bonds. The Morgan fingerprint density at radius 2 is 1.83 bits per heavy atom. The monoisotopic (exact) mass is 522 g/mol. The number of aliphatic carboxylic acids is 1. The molecule has 186 valence electrons. The number of carboxylic acids is 1. The van der Waals surface area contributed by atoms with Gasteiger partial charge in [-0.2, -0.15) is 0 Å². The zero-order valence-electron chi connectivity index (χ0n) is 19.5. The molecule has 1 aliphatic heterocycles. The van der Waals surface area contributed by atoms with E-state index in [4.69, 9.17) is 23.2 Å². The summed E-state index contributed by atoms with van der Waals surface area (Å²) in [4.78, 5) is 26.0. The van der Waals surface area contributed by atoms with E-state index in [2.05, 4.69) is 0 Å². The van der Waals surface area contributed by atoms with E-state index < -0.39 is 18.3 Å². The van der Waals surface area contributed by atoms with Gasteiger partial charge in [-0.15, -0.1) is 0 Å². The molecule has 0 atom stereocenters. The van der Waals surface area contributed by atoms with Gasteiger partial charge in [-0.25, -0.2) is 8.78 Å². The van der Waals surface area contributed by atoms with Crippen LogP contribution in [0.4, 0.5) is 8.78 Å². The van der Waals surface area contributed by atoms with Crippen LogP contribution in [0.3, 0.4) is 0 Å². The molecule has 35 heavy (non-hydrogen) atoms. The fraction of sp³-hybridized carbons (Fsp3) is 0.385. The number of hydrogen-bond acceptors (Lipinski definition) is 2. The summed E-state index contributed by atoms with van der Waals surface area (Å²) in [5, 5.41) is 10.9. The van der Waals surface area contributed by atoms with Crippen molar-refractivity contribution in [3.63, 3.8) is 0 Å². The molecular weight excluding hydrogens is 497 g/mol. The third-order valence-electron chi connectivity index (χ3n) is 6.82. The standard InChI is InChI=1S/C26H26Cl2F2N2O3/c1-14-9-15(11-23(29)30)10-22-19(14)12-17(31(22)2)13-20-21(27)4-3-18(24(20)28)25(33)32-7-5-16(6-8-32)26(34)35/h3-4,9-10,12,16,23H,5-8,11,13H2,1-2H3,(H,34,35). The first kappa shape index (κ1) is 25.5. The third-order valence-corrected chi connectivity index (χ3v) is 7.61. The van der Waals surface area contributed by atoms with Crippen molar-refractivity contribution in [2.24, 2.45) is 13.0 Å². The van der Waals surface area contributed by atoms with Crippen molar-refractivity contribution >= 4 is 46.0 Å². The molecule has 5 nitrogen and oxygen atoms in total. The Morgan fingerprint density at radius 1 is 1.14 bits per heavy atom. The van der Waals surface area contributed by atoms with Gasteiger partial charge in [-0.1, -0.05) is 29.3 Å². The zero-order chi connectivity index (χ0) is 25.4. The smallest absolute Gasteiger partial charge is 0.306 e. The molecule has 0 radical (unpaired) electrons. The molecule has 4 rings (SSSR count). The summed E-state index contributed by atoms with van der Waals surface area (Å²) in [5.41, 5.74) is 4.15. The number of hydrogen-bond donors (Lipinski definition) is 1. The lowest BCUT2D eigenvalue weighted by atomic mass is 9.96. The first-order valence-corrected chi connectivity index (χ1v) is 12.2. The number of nitrogens with zero attached hydrogens (tertiary/aromatic N) is 2. The number of likely N-dealkylation sites (tertiary alicyclic amines) is 1. The topological polar surface area (TPSA) is 62.5 Å². The molecule has 1 aliphatic rings. The largest absolute Gasteiger partial charge is 0.481 e. The Morgan fingerprint density at radius 3 is 2.46 bits per heavy atom. The number of alkyl halides is 2. The van der Waals surface area contributed by atoms with E-state index in [9.17, 15) is 23.5 Å². The van der Waals surface area contributed by atoms with Crippen molar-refractivity contribution in [3.05, 3.63) is 68.3 Å². The number of piperidine rings is 1. The Hall–Kier alpha value is -2.64. The molecular formula is C26H26Cl2F2N2O3. The molecule has 1 aromatic heterocycles. The second kappa shape index (κ2) is 10.2. The molecule has 2 heterocycles. The van der Waals surface area contributed by atoms with Crippen LogP contribution < -0.4 is 0 Å². The van der Waals surface area contributed by atoms with E-state index in [1.54, 1.807) is 29.2 Å². The predicted octanol–water partition coefficient (Wildman–Crippen LogP) is 6.13. The van der Waals surface area contributed by atoms with E-state index in [1.165, 1.54) is 0 Å². The summed E-state index contributed by atoms with van der Waals surface area (Å²) in [7, 11) is 1.87. The van der Waals surface area contributed by atoms with E-state index >= 15 is 0 Å². The van der Waals surface area contributed by atoms with E-state index in [0.717, 1.165) is 22.2 Å². The molecule has 0 unspecified atom stereocenters. The fourth-order valence-corrected chi connectivity index (χ4v) is 5.39. The number of carbonyl (C=O) groups excluding carboxylic acids is 1. The summed E-state index contributed by atoms with van der Waals surface area (Å²) in [6, 6.07) is 8.80. The third kappa shape index (κ3) is 5.16. The molecule has 0 spiro atoms. The number of amides is 1. The Labute approximate surface area is 212 Å². The first-order chi connectivity index (χ1) is 16.6. The number of rotatable bonds is 6. The second-order valence-electron chi connectivity index (χ2n) is 9.10. The van der Waals surface area contributed by atoms with Crippen LogP contribution in [-0.4, -0.2) is 46.0 Å². The van der Waals surface area contributed by atoms with Gasteiger partial charge in [-0.05, 0) is 60.7 Å². The Kier molecular flexibility index (Phi) is 7.38. The Balaban J connectivity index is 1.63. The van der Waals surface area contributed by atoms with Gasteiger partial charge >= 0.3 is 5.97 Å². The van der Waals surface area contributed by atoms with Crippen molar-refractivity contribution in [1.29, 1.82) is 0 Å². The van der Waals surface area contributed by atoms with Gasteiger partial charge in [0, 0.05) is 54.6 Å². The van der Waals surface area contributed by atoms with Gasteiger partial charge in [0.15, 0.2) is 0 Å². The van der Waals surface area contributed by atoms with Gasteiger partial charge in [0.2, 0.25) is 6.43 Å². The van der Waals surface area contributed by atoms with E-state index in [1.807, 2.05) is 24.6 Å². The minimum absolute atomic E-state index is 0.249. The highest BCUT2D eigenvalue weighted by Gasteiger charge is 2.29. The quantitative estimate of drug-likeness (QED) is 0.423. The molecule has 0 saturated carbocycles. The summed E-state index contributed by atoms with van der Waals surface area (Å²) >= 11 is 13.2. The van der Waals surface area contributed by atoms with Crippen LogP contribution in [0.5, 0.6) is 0 Å². The highest BCUT2D eigenvalue weighted by molar-refractivity contribution is 6.38. The lowest BCUT2D eigenvalue weighted by molar-refractivity contribution is -0.143. The predicted molar refractivity (Wildman–Crippen MR) is 133 cm³/mol. The van der Waals surface area contributed by atoms with Gasteiger partial charge < -0.3 is 14.6 Å². The number of benzene rings is 2. The maximum absolute atomic E-state index is 13.2. The molecule has 1 fully saturated rings. The molecule has 1 saturated heterocycles. The van der Waals surface area contributed by atoms with E-state index in [0.29, 0.717) is 54.1 Å². The van der Waals surface area contributed by atoms with Gasteiger partial charge in [-0.3, -0.25) is 9.59 Å². The number of halogens is 4. The lowest BCUT2D eigenvalue weighted by Gasteiger charge is -2.30. The van der Waals surface area contributed by atoms with Crippen LogP contribution >= 0.6 is 23.2 Å². The highest BCUT2D eigenvalue weighted by Crippen LogP contribution is 2.34. The second-order valence-corrected chi connectivity index (χ2v) is 9.89.